The van der Waals surface area contributed by atoms with Gasteiger partial charge in [0.2, 0.25) is 0 Å². The molecular weight excluding hydrogens is 298 g/mol. The Labute approximate surface area is 143 Å². The molecule has 6 radical (unpaired) electrons. The van der Waals surface area contributed by atoms with E-state index in [4.69, 9.17) is 35.1 Å². The lowest BCUT2D eigenvalue weighted by Crippen LogP contribution is -2.32. The first-order valence-corrected chi connectivity index (χ1v) is 7.58. The van der Waals surface area contributed by atoms with Crippen LogP contribution in [0.1, 0.15) is 0 Å². The van der Waals surface area contributed by atoms with Gasteiger partial charge in [-0.3, -0.25) is 0 Å². The molecular formula is C18H9B3ClN. The molecule has 1 heterocycles. The van der Waals surface area contributed by atoms with E-state index in [1.54, 1.807) is 0 Å². The van der Waals surface area contributed by atoms with E-state index in [1.807, 2.05) is 24.3 Å². The zero-order chi connectivity index (χ0) is 16.1. The molecule has 1 nitrogen and oxygen atoms in total. The molecule has 4 rings (SSSR count). The van der Waals surface area contributed by atoms with E-state index in [1.165, 1.54) is 0 Å². The van der Waals surface area contributed by atoms with Gasteiger partial charge in [-0.1, -0.05) is 64.4 Å². The molecule has 1 aromatic heterocycles. The van der Waals surface area contributed by atoms with E-state index in [-0.39, 0.29) is 0 Å². The van der Waals surface area contributed by atoms with Crippen LogP contribution in [0, 0.1) is 0 Å². The van der Waals surface area contributed by atoms with Crippen molar-refractivity contribution in [2.75, 3.05) is 0 Å². The van der Waals surface area contributed by atoms with Gasteiger partial charge < -0.3 is 4.98 Å². The Balaban J connectivity index is 2.11. The van der Waals surface area contributed by atoms with Crippen LogP contribution in [0.3, 0.4) is 0 Å². The van der Waals surface area contributed by atoms with Gasteiger partial charge in [-0.25, -0.2) is 0 Å². The summed E-state index contributed by atoms with van der Waals surface area (Å²) in [6, 6.07) is 16.3. The van der Waals surface area contributed by atoms with E-state index in [2.05, 4.69) is 29.2 Å². The number of fused-ring (bicyclic) bond motifs is 3. The lowest BCUT2D eigenvalue weighted by atomic mass is 9.74. The largest absolute Gasteiger partial charge is 0.355 e. The fourth-order valence-electron chi connectivity index (χ4n) is 2.99. The lowest BCUT2D eigenvalue weighted by Gasteiger charge is -2.10. The second-order valence-corrected chi connectivity index (χ2v) is 5.93. The summed E-state index contributed by atoms with van der Waals surface area (Å²) in [4.78, 5) is 3.29. The van der Waals surface area contributed by atoms with Gasteiger partial charge in [-0.15, -0.1) is 0 Å². The summed E-state index contributed by atoms with van der Waals surface area (Å²) in [5.74, 6) is 0. The van der Waals surface area contributed by atoms with Crippen LogP contribution >= 0.6 is 11.6 Å². The highest BCUT2D eigenvalue weighted by atomic mass is 35.5. The van der Waals surface area contributed by atoms with Crippen LogP contribution in [0.25, 0.3) is 32.9 Å². The van der Waals surface area contributed by atoms with Crippen LogP contribution in [-0.4, -0.2) is 28.5 Å². The average molecular weight is 307 g/mol. The zero-order valence-electron chi connectivity index (χ0n) is 12.2. The number of hydrogen-bond acceptors (Lipinski definition) is 0. The number of halogens is 1. The van der Waals surface area contributed by atoms with Gasteiger partial charge in [0.15, 0.2) is 0 Å². The Hall–Kier alpha value is -2.06. The molecule has 0 saturated heterocycles. The van der Waals surface area contributed by atoms with Crippen molar-refractivity contribution in [3.63, 3.8) is 0 Å². The van der Waals surface area contributed by atoms with E-state index >= 15 is 0 Å². The van der Waals surface area contributed by atoms with Gasteiger partial charge in [0, 0.05) is 26.8 Å². The average Bonchev–Trinajstić information content (AvgIpc) is 2.97. The van der Waals surface area contributed by atoms with Crippen molar-refractivity contribution in [1.29, 1.82) is 0 Å². The molecule has 0 atom stereocenters. The van der Waals surface area contributed by atoms with Crippen molar-refractivity contribution >= 4 is 73.3 Å². The van der Waals surface area contributed by atoms with Gasteiger partial charge >= 0.3 is 0 Å². The van der Waals surface area contributed by atoms with E-state index < -0.39 is 0 Å². The topological polar surface area (TPSA) is 15.8 Å². The molecule has 0 aliphatic rings. The summed E-state index contributed by atoms with van der Waals surface area (Å²) in [6.45, 7) is 0. The molecule has 23 heavy (non-hydrogen) atoms. The third kappa shape index (κ3) is 2.13. The van der Waals surface area contributed by atoms with Crippen LogP contribution < -0.4 is 16.4 Å². The molecule has 0 aliphatic carbocycles. The Bertz CT molecular complexity index is 1050. The van der Waals surface area contributed by atoms with Crippen LogP contribution in [0.15, 0.2) is 48.5 Å². The van der Waals surface area contributed by atoms with E-state index in [0.29, 0.717) is 21.4 Å². The number of aromatic nitrogens is 1. The fourth-order valence-corrected chi connectivity index (χ4v) is 3.19. The highest BCUT2D eigenvalue weighted by molar-refractivity contribution is 6.64. The summed E-state index contributed by atoms with van der Waals surface area (Å²) in [7, 11) is 18.2. The lowest BCUT2D eigenvalue weighted by molar-refractivity contribution is 1.56. The van der Waals surface area contributed by atoms with Crippen molar-refractivity contribution in [3.05, 3.63) is 53.6 Å². The SMILES string of the molecule is [B]c1c(Cl)c([B])c2c([nH]c3ccc(-c4ccccc4)cc32)c1[B]. The Morgan fingerprint density at radius 1 is 0.783 bits per heavy atom. The molecule has 4 aromatic rings. The third-order valence-corrected chi connectivity index (χ3v) is 4.61. The van der Waals surface area contributed by atoms with Crippen molar-refractivity contribution in [1.82, 2.24) is 4.98 Å². The maximum atomic E-state index is 6.23. The molecule has 0 aliphatic heterocycles. The Morgan fingerprint density at radius 2 is 1.52 bits per heavy atom. The van der Waals surface area contributed by atoms with Crippen LogP contribution in [0.4, 0.5) is 0 Å². The number of nitrogens with one attached hydrogen (secondary N) is 1. The number of benzene rings is 3. The van der Waals surface area contributed by atoms with Gasteiger partial charge in [-0.05, 0) is 23.3 Å². The quantitative estimate of drug-likeness (QED) is 0.518. The molecule has 0 amide bonds. The Kier molecular flexibility index (Phi) is 3.31. The van der Waals surface area contributed by atoms with Gasteiger partial charge in [-0.2, -0.15) is 0 Å². The minimum Gasteiger partial charge on any atom is -0.355 e. The maximum Gasteiger partial charge on any atom is 0.116 e. The van der Waals surface area contributed by atoms with Crippen LogP contribution in [0.2, 0.25) is 5.02 Å². The summed E-state index contributed by atoms with van der Waals surface area (Å²) in [6.07, 6.45) is 0. The molecule has 0 bridgehead atoms. The molecule has 0 saturated carbocycles. The molecule has 0 unspecified atom stereocenters. The van der Waals surface area contributed by atoms with Gasteiger partial charge in [0.1, 0.15) is 23.5 Å². The van der Waals surface area contributed by atoms with Crippen molar-refractivity contribution in [2.24, 2.45) is 0 Å². The number of H-pyrrole nitrogens is 1. The van der Waals surface area contributed by atoms with Crippen molar-refractivity contribution in [3.8, 4) is 11.1 Å². The first kappa shape index (κ1) is 14.5. The van der Waals surface area contributed by atoms with E-state index in [0.717, 1.165) is 32.9 Å². The third-order valence-electron chi connectivity index (χ3n) is 4.21. The van der Waals surface area contributed by atoms with Gasteiger partial charge in [0.25, 0.3) is 0 Å². The summed E-state index contributed by atoms with van der Waals surface area (Å²) < 4.78 is 0. The van der Waals surface area contributed by atoms with Crippen molar-refractivity contribution in [2.45, 2.75) is 0 Å². The summed E-state index contributed by atoms with van der Waals surface area (Å²) >= 11 is 6.23. The Morgan fingerprint density at radius 3 is 2.26 bits per heavy atom. The molecule has 0 spiro atoms. The summed E-state index contributed by atoms with van der Waals surface area (Å²) in [5.41, 5.74) is 5.10. The normalized spacial score (nSPS) is 11.3. The zero-order valence-corrected chi connectivity index (χ0v) is 13.0. The smallest absolute Gasteiger partial charge is 0.116 e. The summed E-state index contributed by atoms with van der Waals surface area (Å²) in [5, 5.41) is 2.10. The van der Waals surface area contributed by atoms with Gasteiger partial charge in [0.05, 0.1) is 0 Å². The molecule has 0 fully saturated rings. The van der Waals surface area contributed by atoms with E-state index in [9.17, 15) is 0 Å². The predicted molar refractivity (Wildman–Crippen MR) is 102 cm³/mol. The molecule has 102 valence electrons. The number of rotatable bonds is 1. The molecule has 3 aromatic carbocycles. The second kappa shape index (κ2) is 5.24. The van der Waals surface area contributed by atoms with Crippen LogP contribution in [0.5, 0.6) is 0 Å². The highest BCUT2D eigenvalue weighted by Gasteiger charge is 2.14. The molecule has 5 heteroatoms. The number of hydrogen-bond donors (Lipinski definition) is 1. The predicted octanol–water partition coefficient (Wildman–Crippen LogP) is 2.02. The fraction of sp³-hybridized carbons (Fsp3) is 0. The highest BCUT2D eigenvalue weighted by Crippen LogP contribution is 2.29. The minimum atomic E-state index is 0.306. The number of aromatic amines is 1. The first-order chi connectivity index (χ1) is 11.1. The minimum absolute atomic E-state index is 0.306. The maximum absolute atomic E-state index is 6.23. The van der Waals surface area contributed by atoms with Crippen LogP contribution in [-0.2, 0) is 0 Å². The monoisotopic (exact) mass is 307 g/mol. The standard InChI is InChI=1S/C18H9B3ClN/c19-14-13-11-8-10(9-4-2-1-3-5-9)6-7-12(11)23-18(13)16(21)15(20)17(14)22/h1-8,23H. The second-order valence-electron chi connectivity index (χ2n) is 5.56. The molecule has 1 N–H and O–H groups in total. The van der Waals surface area contributed by atoms with Crippen molar-refractivity contribution < 1.29 is 0 Å². The first-order valence-electron chi connectivity index (χ1n) is 7.20.